The van der Waals surface area contributed by atoms with E-state index in [1.165, 1.54) is 5.57 Å². The SMILES string of the molecule is CC(=O)[C@@]1(O)[C@@H](Br)C[C@@H]2[C@@H]3CCC4=CC(=O)CC[C@]4(C)[C@@H]3CC[C@@]21C. The van der Waals surface area contributed by atoms with Gasteiger partial charge in [0.05, 0.1) is 4.83 Å². The van der Waals surface area contributed by atoms with Crippen LogP contribution in [-0.2, 0) is 9.59 Å². The molecule has 4 rings (SSSR count). The average Bonchev–Trinajstić information content (AvgIpc) is 2.77. The molecule has 0 aromatic heterocycles. The fourth-order valence-electron chi connectivity index (χ4n) is 7.16. The van der Waals surface area contributed by atoms with Crippen molar-refractivity contribution in [2.75, 3.05) is 0 Å². The summed E-state index contributed by atoms with van der Waals surface area (Å²) in [5.74, 6) is 1.69. The molecule has 0 unspecified atom stereocenters. The first-order chi connectivity index (χ1) is 11.6. The Bertz CT molecular complexity index is 670. The third kappa shape index (κ3) is 2.13. The third-order valence-corrected chi connectivity index (χ3v) is 9.71. The van der Waals surface area contributed by atoms with E-state index in [2.05, 4.69) is 29.8 Å². The zero-order valence-corrected chi connectivity index (χ0v) is 17.1. The maximum Gasteiger partial charge on any atom is 0.163 e. The van der Waals surface area contributed by atoms with E-state index in [9.17, 15) is 14.7 Å². The summed E-state index contributed by atoms with van der Waals surface area (Å²) in [4.78, 5) is 24.2. The highest BCUT2D eigenvalue weighted by Gasteiger charge is 2.68. The lowest BCUT2D eigenvalue weighted by atomic mass is 9.46. The predicted molar refractivity (Wildman–Crippen MR) is 100 cm³/mol. The van der Waals surface area contributed by atoms with Crippen LogP contribution in [0.15, 0.2) is 11.6 Å². The largest absolute Gasteiger partial charge is 0.380 e. The standard InChI is InChI=1S/C21H29BrO3/c1-12(23)21(25)18(22)11-17-15-5-4-13-10-14(24)6-8-19(13,2)16(15)7-9-20(17,21)3/h10,15-18,25H,4-9,11H2,1-3H3/t15-,16-,17-,18+,19+,20+,21-/m1/s1. The van der Waals surface area contributed by atoms with Crippen LogP contribution >= 0.6 is 15.9 Å². The van der Waals surface area contributed by atoms with Gasteiger partial charge in [0.1, 0.15) is 5.60 Å². The van der Waals surface area contributed by atoms with Crippen molar-refractivity contribution in [3.8, 4) is 0 Å². The molecule has 0 aliphatic heterocycles. The molecule has 3 fully saturated rings. The molecule has 3 nitrogen and oxygen atoms in total. The van der Waals surface area contributed by atoms with E-state index in [1.54, 1.807) is 6.92 Å². The second-order valence-corrected chi connectivity index (χ2v) is 10.6. The number of Topliss-reactive ketones (excluding diaryl/α,β-unsaturated/α-hetero) is 1. The summed E-state index contributed by atoms with van der Waals surface area (Å²) in [6, 6.07) is 0. The van der Waals surface area contributed by atoms with E-state index in [0.29, 0.717) is 30.0 Å². The molecule has 0 bridgehead atoms. The monoisotopic (exact) mass is 408 g/mol. The van der Waals surface area contributed by atoms with Crippen molar-refractivity contribution >= 4 is 27.5 Å². The molecule has 0 radical (unpaired) electrons. The minimum atomic E-state index is -1.25. The smallest absolute Gasteiger partial charge is 0.163 e. The van der Waals surface area contributed by atoms with Crippen LogP contribution in [0.5, 0.6) is 0 Å². The van der Waals surface area contributed by atoms with Crippen molar-refractivity contribution < 1.29 is 14.7 Å². The molecule has 0 amide bonds. The highest BCUT2D eigenvalue weighted by atomic mass is 79.9. The fourth-order valence-corrected chi connectivity index (χ4v) is 8.41. The van der Waals surface area contributed by atoms with Crippen molar-refractivity contribution in [2.45, 2.75) is 76.1 Å². The minimum absolute atomic E-state index is 0.0938. The maximum atomic E-state index is 12.4. The van der Waals surface area contributed by atoms with Crippen LogP contribution in [0, 0.1) is 28.6 Å². The van der Waals surface area contributed by atoms with Gasteiger partial charge < -0.3 is 5.11 Å². The fraction of sp³-hybridized carbons (Fsp3) is 0.810. The Morgan fingerprint density at radius 3 is 2.60 bits per heavy atom. The lowest BCUT2D eigenvalue weighted by Crippen LogP contribution is -2.59. The summed E-state index contributed by atoms with van der Waals surface area (Å²) in [7, 11) is 0. The molecule has 138 valence electrons. The highest BCUT2D eigenvalue weighted by Crippen LogP contribution is 2.68. The molecule has 0 aromatic carbocycles. The summed E-state index contributed by atoms with van der Waals surface area (Å²) in [5, 5.41) is 11.4. The van der Waals surface area contributed by atoms with Crippen LogP contribution in [-0.4, -0.2) is 27.1 Å². The number of alkyl halides is 1. The Kier molecular flexibility index (Phi) is 3.95. The Hall–Kier alpha value is -0.480. The summed E-state index contributed by atoms with van der Waals surface area (Å²) < 4.78 is 0. The van der Waals surface area contributed by atoms with E-state index in [4.69, 9.17) is 0 Å². The van der Waals surface area contributed by atoms with Crippen LogP contribution in [0.3, 0.4) is 0 Å². The van der Waals surface area contributed by atoms with E-state index in [-0.39, 0.29) is 21.4 Å². The summed E-state index contributed by atoms with van der Waals surface area (Å²) >= 11 is 3.67. The number of ketones is 2. The molecular formula is C21H29BrO3. The minimum Gasteiger partial charge on any atom is -0.380 e. The van der Waals surface area contributed by atoms with Crippen LogP contribution in [0.4, 0.5) is 0 Å². The lowest BCUT2D eigenvalue weighted by molar-refractivity contribution is -0.159. The van der Waals surface area contributed by atoms with Gasteiger partial charge in [-0.2, -0.15) is 0 Å². The van der Waals surface area contributed by atoms with Crippen LogP contribution in [0.2, 0.25) is 0 Å². The number of allylic oxidation sites excluding steroid dienone is 1. The van der Waals surface area contributed by atoms with Gasteiger partial charge in [0.25, 0.3) is 0 Å². The van der Waals surface area contributed by atoms with Gasteiger partial charge in [0, 0.05) is 11.8 Å². The van der Waals surface area contributed by atoms with Gasteiger partial charge in [-0.1, -0.05) is 35.4 Å². The van der Waals surface area contributed by atoms with Crippen molar-refractivity contribution in [2.24, 2.45) is 28.6 Å². The van der Waals surface area contributed by atoms with Gasteiger partial charge in [0.2, 0.25) is 0 Å². The molecular weight excluding hydrogens is 380 g/mol. The summed E-state index contributed by atoms with van der Waals surface area (Å²) in [5.41, 5.74) is -0.0844. The normalized spacial score (nSPS) is 52.0. The summed E-state index contributed by atoms with van der Waals surface area (Å²) in [6.07, 6.45) is 8.49. The van der Waals surface area contributed by atoms with Gasteiger partial charge in [-0.3, -0.25) is 9.59 Å². The van der Waals surface area contributed by atoms with Gasteiger partial charge >= 0.3 is 0 Å². The topological polar surface area (TPSA) is 54.4 Å². The number of hydrogen-bond acceptors (Lipinski definition) is 3. The number of carbonyl (C=O) groups is 2. The first-order valence-electron chi connectivity index (χ1n) is 9.76. The number of halogens is 1. The van der Waals surface area contributed by atoms with Gasteiger partial charge in [-0.25, -0.2) is 0 Å². The Labute approximate surface area is 158 Å². The lowest BCUT2D eigenvalue weighted by Gasteiger charge is -2.58. The van der Waals surface area contributed by atoms with E-state index in [1.807, 2.05) is 6.08 Å². The first kappa shape index (κ1) is 17.9. The molecule has 1 N–H and O–H groups in total. The van der Waals surface area contributed by atoms with Gasteiger partial charge in [-0.15, -0.1) is 0 Å². The summed E-state index contributed by atoms with van der Waals surface area (Å²) in [6.45, 7) is 6.06. The Balaban J connectivity index is 1.72. The van der Waals surface area contributed by atoms with E-state index >= 15 is 0 Å². The second kappa shape index (κ2) is 5.51. The van der Waals surface area contributed by atoms with E-state index in [0.717, 1.165) is 38.5 Å². The number of carbonyl (C=O) groups excluding carboxylic acids is 2. The highest BCUT2D eigenvalue weighted by molar-refractivity contribution is 9.09. The average molecular weight is 409 g/mol. The van der Waals surface area contributed by atoms with Crippen molar-refractivity contribution in [3.05, 3.63) is 11.6 Å². The first-order valence-corrected chi connectivity index (χ1v) is 10.7. The molecule has 4 aliphatic rings. The molecule has 0 saturated heterocycles. The zero-order chi connectivity index (χ0) is 18.2. The molecule has 7 atom stereocenters. The van der Waals surface area contributed by atoms with Crippen molar-refractivity contribution in [1.29, 1.82) is 0 Å². The van der Waals surface area contributed by atoms with Crippen molar-refractivity contribution in [3.63, 3.8) is 0 Å². The molecule has 0 heterocycles. The van der Waals surface area contributed by atoms with Crippen molar-refractivity contribution in [1.82, 2.24) is 0 Å². The van der Waals surface area contributed by atoms with E-state index < -0.39 is 5.60 Å². The molecule has 25 heavy (non-hydrogen) atoms. The number of hydrogen-bond donors (Lipinski definition) is 1. The zero-order valence-electron chi connectivity index (χ0n) is 15.5. The van der Waals surface area contributed by atoms with Crippen LogP contribution < -0.4 is 0 Å². The van der Waals surface area contributed by atoms with Gasteiger partial charge in [-0.05, 0) is 74.7 Å². The van der Waals surface area contributed by atoms with Crippen LogP contribution in [0.1, 0.15) is 65.7 Å². The predicted octanol–water partition coefficient (Wildman–Crippen LogP) is 4.21. The maximum absolute atomic E-state index is 12.4. The third-order valence-electron chi connectivity index (χ3n) is 8.67. The van der Waals surface area contributed by atoms with Gasteiger partial charge in [0.15, 0.2) is 11.6 Å². The quantitative estimate of drug-likeness (QED) is 0.660. The second-order valence-electron chi connectivity index (χ2n) is 9.45. The molecule has 4 aliphatic carbocycles. The molecule has 4 heteroatoms. The molecule has 0 aromatic rings. The number of fused-ring (bicyclic) bond motifs is 5. The number of aliphatic hydroxyl groups is 1. The molecule has 3 saturated carbocycles. The van der Waals surface area contributed by atoms with Crippen LogP contribution in [0.25, 0.3) is 0 Å². The Morgan fingerprint density at radius 1 is 1.20 bits per heavy atom. The molecule has 0 spiro atoms. The Morgan fingerprint density at radius 2 is 1.92 bits per heavy atom. The number of rotatable bonds is 1.